The van der Waals surface area contributed by atoms with Crippen LogP contribution in [0.1, 0.15) is 11.1 Å². The van der Waals surface area contributed by atoms with Gasteiger partial charge in [-0.3, -0.25) is 4.99 Å². The molecule has 0 saturated heterocycles. The highest BCUT2D eigenvalue weighted by Gasteiger charge is 2.07. The molecule has 0 aromatic heterocycles. The summed E-state index contributed by atoms with van der Waals surface area (Å²) in [6, 6.07) is 18.1. The fourth-order valence-electron chi connectivity index (χ4n) is 1.66. The van der Waals surface area contributed by atoms with E-state index in [1.807, 2.05) is 54.6 Å². The Bertz CT molecular complexity index is 618. The molecule has 3 N–H and O–H groups in total. The summed E-state index contributed by atoms with van der Waals surface area (Å²) in [6.45, 7) is 0. The number of guanidine groups is 1. The van der Waals surface area contributed by atoms with Crippen LogP contribution in [0.2, 0.25) is 0 Å². The zero-order valence-electron chi connectivity index (χ0n) is 11.0. The van der Waals surface area contributed by atoms with Crippen LogP contribution in [0.4, 0.5) is 0 Å². The Balaban J connectivity index is 2.41. The Hall–Kier alpha value is -1.89. The molecule has 0 heterocycles. The number of halogens is 1. The summed E-state index contributed by atoms with van der Waals surface area (Å²) in [5, 5.41) is 4.37. The van der Waals surface area contributed by atoms with Crippen molar-refractivity contribution in [1.82, 2.24) is 5.43 Å². The molecule has 0 amide bonds. The zero-order chi connectivity index (χ0) is 14.4. The first kappa shape index (κ1) is 14.5. The van der Waals surface area contributed by atoms with Gasteiger partial charge in [0.05, 0.1) is 5.71 Å². The first-order valence-corrected chi connectivity index (χ1v) is 7.16. The van der Waals surface area contributed by atoms with Gasteiger partial charge in [-0.1, -0.05) is 42.5 Å². The zero-order valence-corrected chi connectivity index (χ0v) is 13.2. The minimum Gasteiger partial charge on any atom is -0.369 e. The summed E-state index contributed by atoms with van der Waals surface area (Å²) in [5.74, 6) is 0.281. The predicted octanol–water partition coefficient (Wildman–Crippen LogP) is 2.58. The summed E-state index contributed by atoms with van der Waals surface area (Å²) in [4.78, 5) is 3.84. The average molecular weight is 378 g/mol. The summed E-state index contributed by atoms with van der Waals surface area (Å²) in [7, 11) is 1.62. The SMILES string of the molecule is CN=C(N)N/N=C(\c1ccccc1)c1ccc(I)cc1. The smallest absolute Gasteiger partial charge is 0.209 e. The van der Waals surface area contributed by atoms with E-state index in [9.17, 15) is 0 Å². The second-order valence-corrected chi connectivity index (χ2v) is 5.30. The van der Waals surface area contributed by atoms with Gasteiger partial charge in [-0.2, -0.15) is 5.10 Å². The molecule has 0 bridgehead atoms. The lowest BCUT2D eigenvalue weighted by Gasteiger charge is -2.08. The molecular weight excluding hydrogens is 363 g/mol. The van der Waals surface area contributed by atoms with E-state index in [4.69, 9.17) is 5.73 Å². The van der Waals surface area contributed by atoms with Crippen molar-refractivity contribution in [3.05, 3.63) is 69.3 Å². The van der Waals surface area contributed by atoms with Crippen LogP contribution in [0.15, 0.2) is 64.7 Å². The van der Waals surface area contributed by atoms with E-state index < -0.39 is 0 Å². The topological polar surface area (TPSA) is 62.8 Å². The van der Waals surface area contributed by atoms with Gasteiger partial charge in [-0.15, -0.1) is 0 Å². The molecule has 20 heavy (non-hydrogen) atoms. The van der Waals surface area contributed by atoms with Gasteiger partial charge in [0.15, 0.2) is 0 Å². The maximum absolute atomic E-state index is 5.63. The summed E-state index contributed by atoms with van der Waals surface area (Å²) < 4.78 is 1.18. The summed E-state index contributed by atoms with van der Waals surface area (Å²) >= 11 is 2.28. The third-order valence-electron chi connectivity index (χ3n) is 2.69. The Morgan fingerprint density at radius 1 is 1.00 bits per heavy atom. The molecule has 4 nitrogen and oxygen atoms in total. The van der Waals surface area contributed by atoms with Crippen LogP contribution >= 0.6 is 22.6 Å². The van der Waals surface area contributed by atoms with Crippen molar-refractivity contribution in [2.24, 2.45) is 15.8 Å². The molecule has 2 rings (SSSR count). The second-order valence-electron chi connectivity index (χ2n) is 4.05. The van der Waals surface area contributed by atoms with Gasteiger partial charge in [-0.25, -0.2) is 5.43 Å². The highest BCUT2D eigenvalue weighted by atomic mass is 127. The molecule has 0 aliphatic rings. The first-order chi connectivity index (χ1) is 9.70. The standard InChI is InChI=1S/C15H15IN4/c1-18-15(17)20-19-14(11-5-3-2-4-6-11)12-7-9-13(16)10-8-12/h2-10H,1H3,(H3,17,18,20)/b19-14+. The van der Waals surface area contributed by atoms with Crippen LogP contribution in [-0.4, -0.2) is 18.7 Å². The fourth-order valence-corrected chi connectivity index (χ4v) is 2.02. The highest BCUT2D eigenvalue weighted by Crippen LogP contribution is 2.13. The molecule has 0 saturated carbocycles. The Kier molecular flexibility index (Phi) is 5.11. The maximum atomic E-state index is 5.63. The third-order valence-corrected chi connectivity index (χ3v) is 3.41. The number of benzene rings is 2. The Labute approximate surface area is 131 Å². The number of hydrogen-bond acceptors (Lipinski definition) is 2. The summed E-state index contributed by atoms with van der Waals surface area (Å²) in [6.07, 6.45) is 0. The van der Waals surface area contributed by atoms with E-state index in [1.165, 1.54) is 3.57 Å². The number of rotatable bonds is 3. The number of aliphatic imine (C=N–C) groups is 1. The number of nitrogens with one attached hydrogen (secondary N) is 1. The Morgan fingerprint density at radius 2 is 1.60 bits per heavy atom. The van der Waals surface area contributed by atoms with Crippen molar-refractivity contribution >= 4 is 34.3 Å². The van der Waals surface area contributed by atoms with E-state index in [0.717, 1.165) is 16.8 Å². The van der Waals surface area contributed by atoms with E-state index in [-0.39, 0.29) is 5.96 Å². The van der Waals surface area contributed by atoms with Crippen molar-refractivity contribution in [2.45, 2.75) is 0 Å². The van der Waals surface area contributed by atoms with E-state index in [0.29, 0.717) is 0 Å². The van der Waals surface area contributed by atoms with Gasteiger partial charge in [0.2, 0.25) is 5.96 Å². The van der Waals surface area contributed by atoms with Gasteiger partial charge >= 0.3 is 0 Å². The predicted molar refractivity (Wildman–Crippen MR) is 91.9 cm³/mol. The fraction of sp³-hybridized carbons (Fsp3) is 0.0667. The van der Waals surface area contributed by atoms with Crippen molar-refractivity contribution in [2.75, 3.05) is 7.05 Å². The maximum Gasteiger partial charge on any atom is 0.209 e. The normalized spacial score (nSPS) is 12.3. The van der Waals surface area contributed by atoms with Crippen molar-refractivity contribution in [3.8, 4) is 0 Å². The molecule has 0 atom stereocenters. The molecule has 2 aromatic rings. The molecule has 102 valence electrons. The molecular formula is C15H15IN4. The average Bonchev–Trinajstić information content (AvgIpc) is 2.50. The van der Waals surface area contributed by atoms with Gasteiger partial charge in [0, 0.05) is 21.7 Å². The lowest BCUT2D eigenvalue weighted by Crippen LogP contribution is -2.28. The number of nitrogens with zero attached hydrogens (tertiary/aromatic N) is 2. The minimum atomic E-state index is 0.281. The largest absolute Gasteiger partial charge is 0.369 e. The van der Waals surface area contributed by atoms with Gasteiger partial charge in [-0.05, 0) is 34.7 Å². The molecule has 2 aromatic carbocycles. The van der Waals surface area contributed by atoms with Crippen LogP contribution in [0.3, 0.4) is 0 Å². The molecule has 0 aliphatic heterocycles. The molecule has 5 heteroatoms. The molecule has 0 aliphatic carbocycles. The monoisotopic (exact) mass is 378 g/mol. The lowest BCUT2D eigenvalue weighted by molar-refractivity contribution is 0.999. The van der Waals surface area contributed by atoms with E-state index >= 15 is 0 Å². The first-order valence-electron chi connectivity index (χ1n) is 6.08. The van der Waals surface area contributed by atoms with Gasteiger partial charge in [0.1, 0.15) is 0 Å². The van der Waals surface area contributed by atoms with Gasteiger partial charge in [0.25, 0.3) is 0 Å². The van der Waals surface area contributed by atoms with Crippen LogP contribution in [0.25, 0.3) is 0 Å². The molecule has 0 fully saturated rings. The third kappa shape index (κ3) is 3.80. The van der Waals surface area contributed by atoms with E-state index in [2.05, 4.69) is 38.1 Å². The summed E-state index contributed by atoms with van der Waals surface area (Å²) in [5.41, 5.74) is 11.3. The van der Waals surface area contributed by atoms with Crippen LogP contribution in [0, 0.1) is 3.57 Å². The quantitative estimate of drug-likeness (QED) is 0.373. The lowest BCUT2D eigenvalue weighted by atomic mass is 10.0. The van der Waals surface area contributed by atoms with Gasteiger partial charge < -0.3 is 5.73 Å². The molecule has 0 radical (unpaired) electrons. The van der Waals surface area contributed by atoms with Crippen LogP contribution in [-0.2, 0) is 0 Å². The van der Waals surface area contributed by atoms with E-state index in [1.54, 1.807) is 7.05 Å². The van der Waals surface area contributed by atoms with Crippen LogP contribution in [0.5, 0.6) is 0 Å². The van der Waals surface area contributed by atoms with Crippen molar-refractivity contribution in [1.29, 1.82) is 0 Å². The number of nitrogens with two attached hydrogens (primary N) is 1. The Morgan fingerprint density at radius 3 is 2.20 bits per heavy atom. The van der Waals surface area contributed by atoms with Crippen molar-refractivity contribution < 1.29 is 0 Å². The highest BCUT2D eigenvalue weighted by molar-refractivity contribution is 14.1. The number of hydrogen-bond donors (Lipinski definition) is 2. The second kappa shape index (κ2) is 7.04. The van der Waals surface area contributed by atoms with Crippen LogP contribution < -0.4 is 11.2 Å². The minimum absolute atomic E-state index is 0.281. The molecule has 0 unspecified atom stereocenters. The van der Waals surface area contributed by atoms with Crippen molar-refractivity contribution in [3.63, 3.8) is 0 Å². The molecule has 0 spiro atoms. The number of hydrazone groups is 1.